The maximum Gasteiger partial charge on any atom is 0.420 e. The number of hydrogen-bond donors (Lipinski definition) is 1. The van der Waals surface area contributed by atoms with Crippen molar-refractivity contribution in [1.29, 1.82) is 0 Å². The number of nitrogens with two attached hydrogens (primary N) is 1. The number of methoxy groups -OCH3 is 1. The van der Waals surface area contributed by atoms with Crippen molar-refractivity contribution >= 4 is 5.69 Å². The Bertz CT molecular complexity index is 594. The number of anilines is 1. The van der Waals surface area contributed by atoms with E-state index in [1.54, 1.807) is 12.1 Å². The van der Waals surface area contributed by atoms with Crippen LogP contribution in [0.3, 0.4) is 0 Å². The van der Waals surface area contributed by atoms with Gasteiger partial charge in [-0.25, -0.2) is 0 Å². The van der Waals surface area contributed by atoms with Gasteiger partial charge < -0.3 is 15.2 Å². The first-order valence-corrected chi connectivity index (χ1v) is 5.69. The van der Waals surface area contributed by atoms with Crippen LogP contribution in [0.15, 0.2) is 42.5 Å². The molecule has 0 spiro atoms. The fourth-order valence-corrected chi connectivity index (χ4v) is 1.65. The van der Waals surface area contributed by atoms with Crippen molar-refractivity contribution in [3.8, 4) is 17.2 Å². The molecule has 0 aliphatic rings. The lowest BCUT2D eigenvalue weighted by molar-refractivity contribution is -0.138. The van der Waals surface area contributed by atoms with Crippen LogP contribution in [0.1, 0.15) is 5.56 Å². The highest BCUT2D eigenvalue weighted by Gasteiger charge is 2.35. The van der Waals surface area contributed by atoms with E-state index in [4.69, 9.17) is 15.2 Å². The molecule has 20 heavy (non-hydrogen) atoms. The predicted octanol–water partition coefficient (Wildman–Crippen LogP) is 4.09. The third-order valence-electron chi connectivity index (χ3n) is 2.63. The Morgan fingerprint density at radius 3 is 2.10 bits per heavy atom. The minimum atomic E-state index is -4.53. The molecule has 0 aromatic heterocycles. The van der Waals surface area contributed by atoms with Gasteiger partial charge in [0.1, 0.15) is 17.1 Å². The molecule has 3 nitrogen and oxygen atoms in total. The average molecular weight is 283 g/mol. The number of halogens is 3. The second-order valence-corrected chi connectivity index (χ2v) is 4.00. The van der Waals surface area contributed by atoms with Crippen molar-refractivity contribution < 1.29 is 22.6 Å². The maximum absolute atomic E-state index is 12.9. The van der Waals surface area contributed by atoms with Gasteiger partial charge in [0.05, 0.1) is 12.8 Å². The Kier molecular flexibility index (Phi) is 3.74. The number of nitrogen functional groups attached to an aromatic ring is 1. The van der Waals surface area contributed by atoms with Gasteiger partial charge in [0.15, 0.2) is 5.75 Å². The largest absolute Gasteiger partial charge is 0.497 e. The number of alkyl halides is 3. The SMILES string of the molecule is COc1ccc(Oc2c(N)cccc2C(F)(F)F)cc1. The number of benzene rings is 2. The first-order valence-electron chi connectivity index (χ1n) is 5.69. The molecule has 6 heteroatoms. The second-order valence-electron chi connectivity index (χ2n) is 4.00. The van der Waals surface area contributed by atoms with Crippen molar-refractivity contribution in [3.05, 3.63) is 48.0 Å². The molecule has 0 atom stereocenters. The van der Waals surface area contributed by atoms with E-state index in [0.717, 1.165) is 6.07 Å². The number of hydrogen-bond acceptors (Lipinski definition) is 3. The second kappa shape index (κ2) is 5.32. The fourth-order valence-electron chi connectivity index (χ4n) is 1.65. The molecule has 2 rings (SSSR count). The van der Waals surface area contributed by atoms with E-state index in [0.29, 0.717) is 5.75 Å². The van der Waals surface area contributed by atoms with E-state index in [1.165, 1.54) is 31.4 Å². The Hall–Kier alpha value is -2.37. The Morgan fingerprint density at radius 2 is 1.55 bits per heavy atom. The summed E-state index contributed by atoms with van der Waals surface area (Å²) >= 11 is 0. The number of para-hydroxylation sites is 1. The smallest absolute Gasteiger partial charge is 0.420 e. The molecule has 0 fully saturated rings. The highest BCUT2D eigenvalue weighted by molar-refractivity contribution is 5.59. The molecule has 0 saturated carbocycles. The van der Waals surface area contributed by atoms with Gasteiger partial charge in [-0.2, -0.15) is 13.2 Å². The monoisotopic (exact) mass is 283 g/mol. The summed E-state index contributed by atoms with van der Waals surface area (Å²) in [6.45, 7) is 0. The summed E-state index contributed by atoms with van der Waals surface area (Å²) < 4.78 is 48.9. The summed E-state index contributed by atoms with van der Waals surface area (Å²) in [5.74, 6) is 0.425. The van der Waals surface area contributed by atoms with Crippen LogP contribution < -0.4 is 15.2 Å². The van der Waals surface area contributed by atoms with Crippen LogP contribution in [-0.4, -0.2) is 7.11 Å². The average Bonchev–Trinajstić information content (AvgIpc) is 2.40. The summed E-state index contributed by atoms with van der Waals surface area (Å²) in [4.78, 5) is 0. The minimum absolute atomic E-state index is 0.0735. The van der Waals surface area contributed by atoms with Gasteiger partial charge in [-0.3, -0.25) is 0 Å². The highest BCUT2D eigenvalue weighted by atomic mass is 19.4. The van der Waals surface area contributed by atoms with E-state index < -0.39 is 17.5 Å². The predicted molar refractivity (Wildman–Crippen MR) is 68.9 cm³/mol. The first kappa shape index (κ1) is 14.0. The lowest BCUT2D eigenvalue weighted by Crippen LogP contribution is -2.08. The first-order chi connectivity index (χ1) is 9.41. The van der Waals surface area contributed by atoms with Crippen molar-refractivity contribution in [2.75, 3.05) is 12.8 Å². The normalized spacial score (nSPS) is 11.2. The van der Waals surface area contributed by atoms with Gasteiger partial charge in [-0.1, -0.05) is 6.07 Å². The zero-order valence-corrected chi connectivity index (χ0v) is 10.6. The summed E-state index contributed by atoms with van der Waals surface area (Å²) in [7, 11) is 1.49. The molecule has 2 aromatic carbocycles. The quantitative estimate of drug-likeness (QED) is 0.863. The molecule has 106 valence electrons. The maximum atomic E-state index is 12.9. The van der Waals surface area contributed by atoms with Gasteiger partial charge in [0, 0.05) is 0 Å². The topological polar surface area (TPSA) is 44.5 Å². The molecule has 0 saturated heterocycles. The van der Waals surface area contributed by atoms with E-state index >= 15 is 0 Å². The van der Waals surface area contributed by atoms with Crippen LogP contribution in [0.25, 0.3) is 0 Å². The van der Waals surface area contributed by atoms with E-state index in [9.17, 15) is 13.2 Å². The fraction of sp³-hybridized carbons (Fsp3) is 0.143. The molecule has 2 N–H and O–H groups in total. The number of ether oxygens (including phenoxy) is 2. The van der Waals surface area contributed by atoms with Gasteiger partial charge >= 0.3 is 6.18 Å². The lowest BCUT2D eigenvalue weighted by atomic mass is 10.1. The molecular formula is C14H12F3NO2. The zero-order valence-electron chi connectivity index (χ0n) is 10.6. The van der Waals surface area contributed by atoms with Crippen molar-refractivity contribution in [3.63, 3.8) is 0 Å². The van der Waals surface area contributed by atoms with Gasteiger partial charge in [0.25, 0.3) is 0 Å². The summed E-state index contributed by atoms with van der Waals surface area (Å²) in [6, 6.07) is 9.70. The summed E-state index contributed by atoms with van der Waals surface area (Å²) in [6.07, 6.45) is -4.53. The van der Waals surface area contributed by atoms with E-state index in [2.05, 4.69) is 0 Å². The molecule has 0 bridgehead atoms. The van der Waals surface area contributed by atoms with Crippen molar-refractivity contribution in [2.24, 2.45) is 0 Å². The van der Waals surface area contributed by atoms with Crippen molar-refractivity contribution in [1.82, 2.24) is 0 Å². The van der Waals surface area contributed by atoms with Gasteiger partial charge in [0.2, 0.25) is 0 Å². The molecule has 0 amide bonds. The lowest BCUT2D eigenvalue weighted by Gasteiger charge is -2.15. The molecule has 0 radical (unpaired) electrons. The molecule has 2 aromatic rings. The molecule has 0 heterocycles. The zero-order chi connectivity index (χ0) is 14.8. The minimum Gasteiger partial charge on any atom is -0.497 e. The molecule has 0 unspecified atom stereocenters. The van der Waals surface area contributed by atoms with Crippen LogP contribution in [0, 0.1) is 0 Å². The molecule has 0 aliphatic carbocycles. The molecular weight excluding hydrogens is 271 g/mol. The van der Waals surface area contributed by atoms with Crippen LogP contribution in [0.5, 0.6) is 17.2 Å². The van der Waals surface area contributed by atoms with Crippen LogP contribution >= 0.6 is 0 Å². The van der Waals surface area contributed by atoms with Crippen LogP contribution in [0.2, 0.25) is 0 Å². The third-order valence-corrected chi connectivity index (χ3v) is 2.63. The van der Waals surface area contributed by atoms with E-state index in [1.807, 2.05) is 0 Å². The Labute approximate surface area is 113 Å². The van der Waals surface area contributed by atoms with Crippen LogP contribution in [0.4, 0.5) is 18.9 Å². The Morgan fingerprint density at radius 1 is 0.950 bits per heavy atom. The van der Waals surface area contributed by atoms with Gasteiger partial charge in [-0.15, -0.1) is 0 Å². The van der Waals surface area contributed by atoms with Crippen molar-refractivity contribution in [2.45, 2.75) is 6.18 Å². The summed E-state index contributed by atoms with van der Waals surface area (Å²) in [5.41, 5.74) is 4.59. The number of rotatable bonds is 3. The van der Waals surface area contributed by atoms with E-state index in [-0.39, 0.29) is 11.4 Å². The summed E-state index contributed by atoms with van der Waals surface area (Å²) in [5, 5.41) is 0. The standard InChI is InChI=1S/C14H12F3NO2/c1-19-9-5-7-10(8-6-9)20-13-11(14(15,16)17)3-2-4-12(13)18/h2-8H,18H2,1H3. The Balaban J connectivity index is 2.37. The highest BCUT2D eigenvalue weighted by Crippen LogP contribution is 2.41. The molecule has 0 aliphatic heterocycles. The van der Waals surface area contributed by atoms with Crippen LogP contribution in [-0.2, 0) is 6.18 Å². The third kappa shape index (κ3) is 2.96. The van der Waals surface area contributed by atoms with Gasteiger partial charge in [-0.05, 0) is 36.4 Å².